The molecule has 2 nitrogen and oxygen atoms in total. The van der Waals surface area contributed by atoms with Crippen molar-refractivity contribution in [2.45, 2.75) is 51.6 Å². The van der Waals surface area contributed by atoms with Gasteiger partial charge in [-0.1, -0.05) is 13.8 Å². The molecule has 0 aliphatic heterocycles. The number of hydrogen-bond donors (Lipinski definition) is 1. The Morgan fingerprint density at radius 3 is 2.00 bits per heavy atom. The second kappa shape index (κ2) is 5.61. The molecule has 0 atom stereocenters. The van der Waals surface area contributed by atoms with Gasteiger partial charge in [-0.25, -0.2) is 0 Å². The van der Waals surface area contributed by atoms with Gasteiger partial charge in [-0.15, -0.1) is 0 Å². The van der Waals surface area contributed by atoms with E-state index < -0.39 is 0 Å². The fourth-order valence-corrected chi connectivity index (χ4v) is 2.47. The van der Waals surface area contributed by atoms with Crippen LogP contribution in [0.25, 0.3) is 0 Å². The normalized spacial score (nSPS) is 29.5. The molecular weight excluding hydrogens is 160 g/mol. The molecule has 1 rings (SSSR count). The van der Waals surface area contributed by atoms with Crippen molar-refractivity contribution < 1.29 is 0 Å². The molecule has 2 heteroatoms. The molecule has 0 unspecified atom stereocenters. The van der Waals surface area contributed by atoms with Crippen molar-refractivity contribution in [1.29, 1.82) is 0 Å². The Bertz CT molecular complexity index is 124. The van der Waals surface area contributed by atoms with E-state index in [0.717, 1.165) is 12.1 Å². The van der Waals surface area contributed by atoms with Gasteiger partial charge in [-0.2, -0.15) is 0 Å². The molecule has 0 amide bonds. The molecule has 78 valence electrons. The van der Waals surface area contributed by atoms with E-state index in [1.54, 1.807) is 0 Å². The zero-order valence-corrected chi connectivity index (χ0v) is 9.34. The molecule has 13 heavy (non-hydrogen) atoms. The van der Waals surface area contributed by atoms with E-state index in [9.17, 15) is 0 Å². The minimum absolute atomic E-state index is 0.784. The molecule has 1 aliphatic rings. The lowest BCUT2D eigenvalue weighted by molar-refractivity contribution is 0.159. The number of nitrogens with zero attached hydrogens (tertiary/aromatic N) is 1. The van der Waals surface area contributed by atoms with Gasteiger partial charge in [0.2, 0.25) is 0 Å². The van der Waals surface area contributed by atoms with Gasteiger partial charge < -0.3 is 10.2 Å². The van der Waals surface area contributed by atoms with Gasteiger partial charge in [0.05, 0.1) is 0 Å². The van der Waals surface area contributed by atoms with E-state index in [1.165, 1.54) is 38.8 Å². The molecular formula is C11H24N2. The minimum atomic E-state index is 0.784. The predicted molar refractivity (Wildman–Crippen MR) is 58.0 cm³/mol. The van der Waals surface area contributed by atoms with Crippen LogP contribution in [0.3, 0.4) is 0 Å². The number of hydrogen-bond acceptors (Lipinski definition) is 2. The third-order valence-corrected chi connectivity index (χ3v) is 3.43. The molecule has 1 saturated carbocycles. The van der Waals surface area contributed by atoms with Crippen LogP contribution in [-0.2, 0) is 0 Å². The number of nitrogens with one attached hydrogen (secondary N) is 1. The summed E-state index contributed by atoms with van der Waals surface area (Å²) < 4.78 is 0. The molecule has 0 aromatic carbocycles. The topological polar surface area (TPSA) is 15.3 Å². The van der Waals surface area contributed by atoms with Crippen molar-refractivity contribution in [3.05, 3.63) is 0 Å². The second-order valence-electron chi connectivity index (χ2n) is 4.02. The van der Waals surface area contributed by atoms with Crippen LogP contribution in [0.5, 0.6) is 0 Å². The van der Waals surface area contributed by atoms with Gasteiger partial charge in [-0.3, -0.25) is 0 Å². The smallest absolute Gasteiger partial charge is 0.00961 e. The molecule has 0 aromatic rings. The van der Waals surface area contributed by atoms with E-state index in [1.807, 2.05) is 0 Å². The summed E-state index contributed by atoms with van der Waals surface area (Å²) in [6.07, 6.45) is 5.48. The first-order chi connectivity index (χ1) is 6.31. The van der Waals surface area contributed by atoms with Crippen LogP contribution in [0.2, 0.25) is 0 Å². The van der Waals surface area contributed by atoms with Gasteiger partial charge >= 0.3 is 0 Å². The fourth-order valence-electron chi connectivity index (χ4n) is 2.47. The summed E-state index contributed by atoms with van der Waals surface area (Å²) in [6.45, 7) is 6.97. The lowest BCUT2D eigenvalue weighted by Crippen LogP contribution is -2.41. The van der Waals surface area contributed by atoms with E-state index in [2.05, 4.69) is 31.1 Å². The molecule has 0 radical (unpaired) electrons. The van der Waals surface area contributed by atoms with Gasteiger partial charge in [0.15, 0.2) is 0 Å². The van der Waals surface area contributed by atoms with Gasteiger partial charge in [0.1, 0.15) is 0 Å². The summed E-state index contributed by atoms with van der Waals surface area (Å²) in [5.41, 5.74) is 0. The summed E-state index contributed by atoms with van der Waals surface area (Å²) >= 11 is 0. The average molecular weight is 184 g/mol. The zero-order chi connectivity index (χ0) is 9.68. The van der Waals surface area contributed by atoms with E-state index in [-0.39, 0.29) is 0 Å². The van der Waals surface area contributed by atoms with Crippen molar-refractivity contribution in [3.8, 4) is 0 Å². The first kappa shape index (κ1) is 11.0. The maximum absolute atomic E-state index is 3.38. The minimum Gasteiger partial charge on any atom is -0.317 e. The molecule has 0 spiro atoms. The molecule has 1 N–H and O–H groups in total. The van der Waals surface area contributed by atoms with E-state index in [0.29, 0.717) is 0 Å². The summed E-state index contributed by atoms with van der Waals surface area (Å²) in [5.74, 6) is 0. The Morgan fingerprint density at radius 1 is 1.08 bits per heavy atom. The standard InChI is InChI=1S/C11H24N2/c1-4-13(5-2)11-8-6-10(12-3)7-9-11/h10-12H,4-9H2,1-3H3/t10-,11-. The lowest BCUT2D eigenvalue weighted by Gasteiger charge is -2.35. The van der Waals surface area contributed by atoms with Crippen LogP contribution < -0.4 is 5.32 Å². The van der Waals surface area contributed by atoms with Crippen LogP contribution >= 0.6 is 0 Å². The Labute approximate surface area is 82.7 Å². The third kappa shape index (κ3) is 2.96. The molecule has 0 saturated heterocycles. The average Bonchev–Trinajstić information content (AvgIpc) is 2.21. The van der Waals surface area contributed by atoms with Crippen LogP contribution in [0.1, 0.15) is 39.5 Å². The quantitative estimate of drug-likeness (QED) is 0.717. The monoisotopic (exact) mass is 184 g/mol. The fraction of sp³-hybridized carbons (Fsp3) is 1.00. The number of rotatable bonds is 4. The van der Waals surface area contributed by atoms with Crippen LogP contribution in [0.4, 0.5) is 0 Å². The van der Waals surface area contributed by atoms with E-state index >= 15 is 0 Å². The third-order valence-electron chi connectivity index (χ3n) is 3.43. The molecule has 0 bridgehead atoms. The first-order valence-corrected chi connectivity index (χ1v) is 5.73. The summed E-state index contributed by atoms with van der Waals surface area (Å²) in [4.78, 5) is 2.60. The predicted octanol–water partition coefficient (Wildman–Crippen LogP) is 1.86. The Morgan fingerprint density at radius 2 is 1.62 bits per heavy atom. The van der Waals surface area contributed by atoms with Crippen molar-refractivity contribution >= 4 is 0 Å². The Hall–Kier alpha value is -0.0800. The maximum atomic E-state index is 3.38. The molecule has 1 aliphatic carbocycles. The Kier molecular flexibility index (Phi) is 4.74. The van der Waals surface area contributed by atoms with Gasteiger partial charge in [0, 0.05) is 12.1 Å². The van der Waals surface area contributed by atoms with Crippen LogP contribution in [0.15, 0.2) is 0 Å². The van der Waals surface area contributed by atoms with Crippen molar-refractivity contribution in [2.75, 3.05) is 20.1 Å². The molecule has 0 aromatic heterocycles. The Balaban J connectivity index is 2.30. The molecule has 0 heterocycles. The summed E-state index contributed by atoms with van der Waals surface area (Å²) in [6, 6.07) is 1.64. The van der Waals surface area contributed by atoms with Gasteiger partial charge in [-0.05, 0) is 45.8 Å². The highest BCUT2D eigenvalue weighted by Gasteiger charge is 2.22. The first-order valence-electron chi connectivity index (χ1n) is 5.73. The largest absolute Gasteiger partial charge is 0.317 e. The zero-order valence-electron chi connectivity index (χ0n) is 9.34. The highest BCUT2D eigenvalue weighted by molar-refractivity contribution is 4.81. The van der Waals surface area contributed by atoms with Gasteiger partial charge in [0.25, 0.3) is 0 Å². The van der Waals surface area contributed by atoms with Crippen molar-refractivity contribution in [2.24, 2.45) is 0 Å². The molecule has 1 fully saturated rings. The lowest BCUT2D eigenvalue weighted by atomic mass is 9.90. The van der Waals surface area contributed by atoms with Crippen molar-refractivity contribution in [1.82, 2.24) is 10.2 Å². The highest BCUT2D eigenvalue weighted by atomic mass is 15.1. The van der Waals surface area contributed by atoms with Crippen LogP contribution in [-0.4, -0.2) is 37.1 Å². The highest BCUT2D eigenvalue weighted by Crippen LogP contribution is 2.22. The SMILES string of the molecule is CCN(CC)[C@H]1CC[C@H](NC)CC1. The van der Waals surface area contributed by atoms with E-state index in [4.69, 9.17) is 0 Å². The van der Waals surface area contributed by atoms with Crippen LogP contribution in [0, 0.1) is 0 Å². The van der Waals surface area contributed by atoms with Crippen molar-refractivity contribution in [3.63, 3.8) is 0 Å². The maximum Gasteiger partial charge on any atom is 0.00961 e. The second-order valence-corrected chi connectivity index (χ2v) is 4.02. The summed E-state index contributed by atoms with van der Waals surface area (Å²) in [5, 5.41) is 3.38. The summed E-state index contributed by atoms with van der Waals surface area (Å²) in [7, 11) is 2.09.